The van der Waals surface area contributed by atoms with Gasteiger partial charge in [0, 0.05) is 11.0 Å². The Hall–Kier alpha value is -0.220. The quantitative estimate of drug-likeness (QED) is 0.658. The van der Waals surface area contributed by atoms with E-state index in [1.165, 1.54) is 11.8 Å². The van der Waals surface area contributed by atoms with Crippen molar-refractivity contribution in [1.82, 2.24) is 0 Å². The van der Waals surface area contributed by atoms with Crippen LogP contribution in [0.5, 0.6) is 0 Å². The third kappa shape index (κ3) is 7.68. The summed E-state index contributed by atoms with van der Waals surface area (Å²) in [7, 11) is 0. The van der Waals surface area contributed by atoms with Gasteiger partial charge in [-0.15, -0.1) is 0 Å². The molecule has 3 nitrogen and oxygen atoms in total. The van der Waals surface area contributed by atoms with Crippen LogP contribution < -0.4 is 0 Å². The third-order valence-corrected chi connectivity index (χ3v) is 2.49. The average Bonchev–Trinajstić information content (AvgIpc) is 1.82. The summed E-state index contributed by atoms with van der Waals surface area (Å²) >= 11 is 1.48. The minimum absolute atomic E-state index is 0.0853. The fourth-order valence-corrected chi connectivity index (χ4v) is 1.48. The van der Waals surface area contributed by atoms with Crippen molar-refractivity contribution in [1.29, 1.82) is 0 Å². The molecule has 2 unspecified atom stereocenters. The fourth-order valence-electron chi connectivity index (χ4n) is 0.608. The number of rotatable bonds is 5. The predicted octanol–water partition coefficient (Wildman–Crippen LogP) is 0.964. The van der Waals surface area contributed by atoms with Crippen LogP contribution in [-0.2, 0) is 4.79 Å². The first kappa shape index (κ1) is 10.8. The number of thioether (sulfide) groups is 1. The van der Waals surface area contributed by atoms with E-state index in [0.29, 0.717) is 5.75 Å². The van der Waals surface area contributed by atoms with Gasteiger partial charge in [-0.25, -0.2) is 0 Å². The van der Waals surface area contributed by atoms with E-state index in [4.69, 9.17) is 10.2 Å². The second kappa shape index (κ2) is 5.43. The summed E-state index contributed by atoms with van der Waals surface area (Å²) in [5.74, 6) is -0.176. The fraction of sp³-hybridized carbons (Fsp3) is 0.857. The van der Waals surface area contributed by atoms with E-state index in [1.807, 2.05) is 6.92 Å². The number of carboxylic acid groups (broad SMARTS) is 1. The molecule has 0 saturated carbocycles. The van der Waals surface area contributed by atoms with Gasteiger partial charge in [-0.05, 0) is 6.92 Å². The number of hydrogen-bond donors (Lipinski definition) is 2. The van der Waals surface area contributed by atoms with Gasteiger partial charge < -0.3 is 10.2 Å². The summed E-state index contributed by atoms with van der Waals surface area (Å²) in [5.41, 5.74) is 0. The monoisotopic (exact) mass is 178 g/mol. The van der Waals surface area contributed by atoms with Crippen molar-refractivity contribution >= 4 is 17.7 Å². The number of aliphatic hydroxyl groups excluding tert-OH is 1. The van der Waals surface area contributed by atoms with Gasteiger partial charge in [-0.2, -0.15) is 11.8 Å². The molecule has 0 saturated heterocycles. The van der Waals surface area contributed by atoms with Gasteiger partial charge in [-0.1, -0.05) is 6.92 Å². The molecule has 0 radical (unpaired) electrons. The van der Waals surface area contributed by atoms with Crippen LogP contribution in [0.3, 0.4) is 0 Å². The molecule has 2 N–H and O–H groups in total. The lowest BCUT2D eigenvalue weighted by molar-refractivity contribution is -0.136. The first-order chi connectivity index (χ1) is 5.02. The van der Waals surface area contributed by atoms with Crippen molar-refractivity contribution in [3.05, 3.63) is 0 Å². The highest BCUT2D eigenvalue weighted by Crippen LogP contribution is 2.14. The Morgan fingerprint density at radius 3 is 2.45 bits per heavy atom. The van der Waals surface area contributed by atoms with Crippen LogP contribution in [0.1, 0.15) is 20.3 Å². The van der Waals surface area contributed by atoms with Crippen molar-refractivity contribution in [2.75, 3.05) is 5.75 Å². The van der Waals surface area contributed by atoms with Gasteiger partial charge in [0.1, 0.15) is 0 Å². The summed E-state index contributed by atoms with van der Waals surface area (Å²) < 4.78 is 0. The number of carbonyl (C=O) groups is 1. The molecule has 0 heterocycles. The number of aliphatic hydroxyl groups is 1. The Kier molecular flexibility index (Phi) is 5.32. The maximum Gasteiger partial charge on any atom is 0.304 e. The average molecular weight is 178 g/mol. The molecule has 11 heavy (non-hydrogen) atoms. The zero-order valence-electron chi connectivity index (χ0n) is 6.78. The van der Waals surface area contributed by atoms with Gasteiger partial charge in [0.2, 0.25) is 0 Å². The highest BCUT2D eigenvalue weighted by atomic mass is 32.2. The lowest BCUT2D eigenvalue weighted by Gasteiger charge is -2.09. The Morgan fingerprint density at radius 1 is 1.55 bits per heavy atom. The zero-order valence-corrected chi connectivity index (χ0v) is 7.60. The third-order valence-electron chi connectivity index (χ3n) is 1.08. The smallest absolute Gasteiger partial charge is 0.304 e. The molecule has 2 atom stereocenters. The van der Waals surface area contributed by atoms with Crippen molar-refractivity contribution < 1.29 is 15.0 Å². The normalized spacial score (nSPS) is 15.9. The second-order valence-corrected chi connectivity index (χ2v) is 4.06. The molecule has 66 valence electrons. The maximum absolute atomic E-state index is 10.2. The van der Waals surface area contributed by atoms with Crippen molar-refractivity contribution in [3.63, 3.8) is 0 Å². The van der Waals surface area contributed by atoms with E-state index in [-0.39, 0.29) is 17.8 Å². The summed E-state index contributed by atoms with van der Waals surface area (Å²) in [4.78, 5) is 10.2. The molecule has 0 aliphatic heterocycles. The molecule has 0 spiro atoms. The lowest BCUT2D eigenvalue weighted by atomic mass is 10.3. The summed E-state index contributed by atoms with van der Waals surface area (Å²) in [6.45, 7) is 3.54. The zero-order chi connectivity index (χ0) is 8.85. The summed E-state index contributed by atoms with van der Waals surface area (Å²) in [5, 5.41) is 17.3. The summed E-state index contributed by atoms with van der Waals surface area (Å²) in [6.07, 6.45) is -0.187. The molecule has 0 aromatic rings. The van der Waals surface area contributed by atoms with Crippen LogP contribution in [-0.4, -0.2) is 33.3 Å². The molecule has 4 heteroatoms. The van der Waals surface area contributed by atoms with Gasteiger partial charge in [0.25, 0.3) is 0 Å². The second-order valence-electron chi connectivity index (χ2n) is 2.59. The molecule has 0 fully saturated rings. The Bertz CT molecular complexity index is 125. The van der Waals surface area contributed by atoms with Crippen LogP contribution >= 0.6 is 11.8 Å². The van der Waals surface area contributed by atoms with Gasteiger partial charge in [0.05, 0.1) is 12.5 Å². The standard InChI is InChI=1S/C7H14O3S/c1-5(8)4-11-6(2)3-7(9)10/h5-6,8H,3-4H2,1-2H3,(H,9,10). The van der Waals surface area contributed by atoms with E-state index >= 15 is 0 Å². The van der Waals surface area contributed by atoms with Gasteiger partial charge in [0.15, 0.2) is 0 Å². The Morgan fingerprint density at radius 2 is 2.09 bits per heavy atom. The molecule has 0 rings (SSSR count). The van der Waals surface area contributed by atoms with Gasteiger partial charge in [-0.3, -0.25) is 4.79 Å². The molecular formula is C7H14O3S. The number of hydrogen-bond acceptors (Lipinski definition) is 3. The number of aliphatic carboxylic acids is 1. The highest BCUT2D eigenvalue weighted by Gasteiger charge is 2.08. The van der Waals surface area contributed by atoms with Crippen molar-refractivity contribution in [3.8, 4) is 0 Å². The molecule has 0 aliphatic carbocycles. The molecule has 0 amide bonds. The van der Waals surface area contributed by atoms with E-state index < -0.39 is 5.97 Å². The number of carboxylic acids is 1. The SMILES string of the molecule is CC(O)CSC(C)CC(=O)O. The summed E-state index contributed by atoms with van der Waals surface area (Å²) in [6, 6.07) is 0. The van der Waals surface area contributed by atoms with Crippen LogP contribution in [0.4, 0.5) is 0 Å². The van der Waals surface area contributed by atoms with E-state index in [1.54, 1.807) is 6.92 Å². The highest BCUT2D eigenvalue weighted by molar-refractivity contribution is 7.99. The van der Waals surface area contributed by atoms with Crippen LogP contribution in [0.15, 0.2) is 0 Å². The van der Waals surface area contributed by atoms with E-state index in [0.717, 1.165) is 0 Å². The van der Waals surface area contributed by atoms with Crippen LogP contribution in [0.25, 0.3) is 0 Å². The first-order valence-corrected chi connectivity index (χ1v) is 4.58. The van der Waals surface area contributed by atoms with Crippen molar-refractivity contribution in [2.45, 2.75) is 31.6 Å². The minimum Gasteiger partial charge on any atom is -0.481 e. The minimum atomic E-state index is -0.782. The van der Waals surface area contributed by atoms with E-state index in [9.17, 15) is 4.79 Å². The predicted molar refractivity (Wildman–Crippen MR) is 45.9 cm³/mol. The Balaban J connectivity index is 3.37. The Labute approximate surface area is 70.8 Å². The van der Waals surface area contributed by atoms with Gasteiger partial charge >= 0.3 is 5.97 Å². The molecule has 0 aliphatic rings. The molecule has 0 aromatic carbocycles. The van der Waals surface area contributed by atoms with Crippen LogP contribution in [0.2, 0.25) is 0 Å². The first-order valence-electron chi connectivity index (χ1n) is 3.54. The topological polar surface area (TPSA) is 57.5 Å². The largest absolute Gasteiger partial charge is 0.481 e. The van der Waals surface area contributed by atoms with Crippen molar-refractivity contribution in [2.24, 2.45) is 0 Å². The lowest BCUT2D eigenvalue weighted by Crippen LogP contribution is -2.10. The molecular weight excluding hydrogens is 164 g/mol. The van der Waals surface area contributed by atoms with Crippen LogP contribution in [0, 0.1) is 0 Å². The molecule has 0 bridgehead atoms. The maximum atomic E-state index is 10.2. The molecule has 0 aromatic heterocycles. The van der Waals surface area contributed by atoms with E-state index in [2.05, 4.69) is 0 Å².